The third kappa shape index (κ3) is 4.41. The van der Waals surface area contributed by atoms with Gasteiger partial charge in [-0.15, -0.1) is 0 Å². The number of amides is 1. The van der Waals surface area contributed by atoms with E-state index in [0.29, 0.717) is 5.75 Å². The van der Waals surface area contributed by atoms with Crippen LogP contribution in [0.15, 0.2) is 42.5 Å². The summed E-state index contributed by atoms with van der Waals surface area (Å²) in [7, 11) is 0. The third-order valence-electron chi connectivity index (χ3n) is 4.16. The number of hydrogen-bond donors (Lipinski definition) is 1. The van der Waals surface area contributed by atoms with Gasteiger partial charge in [0.25, 0.3) is 11.6 Å². The summed E-state index contributed by atoms with van der Waals surface area (Å²) in [6, 6.07) is 11.5. The molecule has 3 rings (SSSR count). The Hall–Kier alpha value is -3.53. The normalized spacial score (nSPS) is 13.5. The van der Waals surface area contributed by atoms with Crippen LogP contribution >= 0.6 is 0 Å². The molecule has 1 amide bonds. The number of fused-ring (bicyclic) bond motifs is 1. The second-order valence-corrected chi connectivity index (χ2v) is 6.88. The van der Waals surface area contributed by atoms with E-state index in [2.05, 4.69) is 17.2 Å². The largest absolute Gasteiger partial charge is 0.483 e. The summed E-state index contributed by atoms with van der Waals surface area (Å²) in [5.74, 6) is 6.43. The lowest BCUT2D eigenvalue weighted by Gasteiger charge is -2.17. The van der Waals surface area contributed by atoms with Gasteiger partial charge in [-0.25, -0.2) is 0 Å². The second kappa shape index (κ2) is 8.01. The molecular weight excluding hydrogens is 360 g/mol. The quantitative estimate of drug-likeness (QED) is 0.489. The molecule has 1 aliphatic rings. The van der Waals surface area contributed by atoms with Gasteiger partial charge in [-0.1, -0.05) is 36.1 Å². The van der Waals surface area contributed by atoms with E-state index >= 15 is 0 Å². The minimum atomic E-state index is -0.587. The van der Waals surface area contributed by atoms with Crippen molar-refractivity contribution in [3.05, 3.63) is 63.7 Å². The van der Waals surface area contributed by atoms with E-state index in [1.54, 1.807) is 6.07 Å². The highest BCUT2D eigenvalue weighted by Gasteiger charge is 2.32. The first-order valence-electron chi connectivity index (χ1n) is 8.78. The number of nitro benzene ring substituents is 1. The van der Waals surface area contributed by atoms with Crippen molar-refractivity contribution in [1.82, 2.24) is 5.32 Å². The number of nitrogens with zero attached hydrogens (tertiary/aromatic N) is 1. The van der Waals surface area contributed by atoms with Gasteiger partial charge < -0.3 is 14.8 Å². The van der Waals surface area contributed by atoms with Gasteiger partial charge in [-0.2, -0.15) is 0 Å². The maximum Gasteiger partial charge on any atom is 0.282 e. The third-order valence-corrected chi connectivity index (χ3v) is 4.16. The molecule has 0 fully saturated rings. The second-order valence-electron chi connectivity index (χ2n) is 6.88. The molecule has 144 valence electrons. The first kappa shape index (κ1) is 19.2. The Morgan fingerprint density at radius 1 is 1.25 bits per heavy atom. The van der Waals surface area contributed by atoms with Gasteiger partial charge in [0.05, 0.1) is 11.5 Å². The molecule has 2 aromatic rings. The Morgan fingerprint density at radius 3 is 2.82 bits per heavy atom. The van der Waals surface area contributed by atoms with Crippen LogP contribution in [-0.2, 0) is 6.42 Å². The van der Waals surface area contributed by atoms with Gasteiger partial charge in [-0.3, -0.25) is 14.9 Å². The Balaban J connectivity index is 1.52. The first-order chi connectivity index (χ1) is 13.4. The standard InChI is InChI=1S/C21H20N2O5/c1-21(2)14-15-8-7-11-18(19(15)28-21)27-13-6-5-12-22-20(24)16-9-3-4-10-17(16)23(25)26/h3-4,7-11H,12-14H2,1-2H3,(H,22,24). The number of carbonyl (C=O) groups excluding carboxylic acids is 1. The van der Waals surface area contributed by atoms with Crippen molar-refractivity contribution in [3.8, 4) is 23.3 Å². The smallest absolute Gasteiger partial charge is 0.282 e. The predicted molar refractivity (Wildman–Crippen MR) is 104 cm³/mol. The maximum absolute atomic E-state index is 12.1. The van der Waals surface area contributed by atoms with Gasteiger partial charge in [0.2, 0.25) is 0 Å². The Bertz CT molecular complexity index is 972. The first-order valence-corrected chi connectivity index (χ1v) is 8.78. The number of rotatable bonds is 5. The lowest BCUT2D eigenvalue weighted by molar-refractivity contribution is -0.385. The molecule has 1 aliphatic heterocycles. The fourth-order valence-electron chi connectivity index (χ4n) is 2.97. The minimum Gasteiger partial charge on any atom is -0.483 e. The van der Waals surface area contributed by atoms with Crippen LogP contribution in [0.4, 0.5) is 5.69 Å². The van der Waals surface area contributed by atoms with E-state index in [1.807, 2.05) is 32.0 Å². The van der Waals surface area contributed by atoms with Gasteiger partial charge in [0.15, 0.2) is 11.5 Å². The molecule has 0 radical (unpaired) electrons. The summed E-state index contributed by atoms with van der Waals surface area (Å²) in [6.45, 7) is 4.25. The van der Waals surface area contributed by atoms with Gasteiger partial charge in [0, 0.05) is 18.1 Å². The SMILES string of the molecule is CC1(C)Cc2cccc(OCC#CCNC(=O)c3ccccc3[N+](=O)[O-])c2O1. The molecule has 7 heteroatoms. The fourth-order valence-corrected chi connectivity index (χ4v) is 2.97. The highest BCUT2D eigenvalue weighted by molar-refractivity contribution is 5.98. The molecule has 0 saturated carbocycles. The van der Waals surface area contributed by atoms with Gasteiger partial charge >= 0.3 is 0 Å². The van der Waals surface area contributed by atoms with Gasteiger partial charge in [0.1, 0.15) is 17.8 Å². The van der Waals surface area contributed by atoms with Crippen molar-refractivity contribution >= 4 is 11.6 Å². The molecule has 0 bridgehead atoms. The number of hydrogen-bond acceptors (Lipinski definition) is 5. The number of nitrogens with one attached hydrogen (secondary N) is 1. The van der Waals surface area contributed by atoms with Crippen molar-refractivity contribution in [1.29, 1.82) is 0 Å². The van der Waals surface area contributed by atoms with Crippen LogP contribution in [0.25, 0.3) is 0 Å². The highest BCUT2D eigenvalue weighted by Crippen LogP contribution is 2.41. The van der Waals surface area contributed by atoms with Crippen LogP contribution in [-0.4, -0.2) is 29.6 Å². The van der Waals surface area contributed by atoms with Crippen molar-refractivity contribution in [3.63, 3.8) is 0 Å². The molecule has 0 aromatic heterocycles. The fraction of sp³-hybridized carbons (Fsp3) is 0.286. The predicted octanol–water partition coefficient (Wildman–Crippen LogP) is 3.12. The van der Waals surface area contributed by atoms with Gasteiger partial charge in [-0.05, 0) is 26.0 Å². The van der Waals surface area contributed by atoms with Crippen LogP contribution in [0.1, 0.15) is 29.8 Å². The molecule has 7 nitrogen and oxygen atoms in total. The van der Waals surface area contributed by atoms with Crippen molar-refractivity contribution < 1.29 is 19.2 Å². The monoisotopic (exact) mass is 380 g/mol. The van der Waals surface area contributed by atoms with Crippen LogP contribution in [0, 0.1) is 22.0 Å². The summed E-state index contributed by atoms with van der Waals surface area (Å²) >= 11 is 0. The molecular formula is C21H20N2O5. The number of para-hydroxylation sites is 2. The Labute approximate surface area is 162 Å². The van der Waals surface area contributed by atoms with Crippen molar-refractivity contribution in [2.45, 2.75) is 25.9 Å². The molecule has 0 spiro atoms. The number of benzene rings is 2. The zero-order chi connectivity index (χ0) is 20.1. The van der Waals surface area contributed by atoms with E-state index in [1.165, 1.54) is 18.2 Å². The zero-order valence-electron chi connectivity index (χ0n) is 15.7. The zero-order valence-corrected chi connectivity index (χ0v) is 15.7. The molecule has 1 heterocycles. The number of ether oxygens (including phenoxy) is 2. The maximum atomic E-state index is 12.1. The molecule has 28 heavy (non-hydrogen) atoms. The Kier molecular flexibility index (Phi) is 5.50. The molecule has 0 atom stereocenters. The number of nitro groups is 1. The number of carbonyl (C=O) groups is 1. The van der Waals surface area contributed by atoms with E-state index in [9.17, 15) is 14.9 Å². The van der Waals surface area contributed by atoms with E-state index in [-0.39, 0.29) is 30.0 Å². The lowest BCUT2D eigenvalue weighted by Crippen LogP contribution is -2.24. The molecule has 0 saturated heterocycles. The molecule has 1 N–H and O–H groups in total. The topological polar surface area (TPSA) is 90.7 Å². The Morgan fingerprint density at radius 2 is 2.04 bits per heavy atom. The van der Waals surface area contributed by atoms with Crippen LogP contribution in [0.2, 0.25) is 0 Å². The molecule has 0 unspecified atom stereocenters. The molecule has 0 aliphatic carbocycles. The average molecular weight is 380 g/mol. The van der Waals surface area contributed by atoms with Crippen molar-refractivity contribution in [2.24, 2.45) is 0 Å². The highest BCUT2D eigenvalue weighted by atomic mass is 16.6. The van der Waals surface area contributed by atoms with E-state index in [0.717, 1.165) is 17.7 Å². The van der Waals surface area contributed by atoms with Crippen molar-refractivity contribution in [2.75, 3.05) is 13.2 Å². The lowest BCUT2D eigenvalue weighted by atomic mass is 10.0. The van der Waals surface area contributed by atoms with Crippen LogP contribution in [0.5, 0.6) is 11.5 Å². The summed E-state index contributed by atoms with van der Waals surface area (Å²) in [4.78, 5) is 22.5. The summed E-state index contributed by atoms with van der Waals surface area (Å²) in [5.41, 5.74) is 0.618. The van der Waals surface area contributed by atoms with E-state index < -0.39 is 10.8 Å². The van der Waals surface area contributed by atoms with Crippen LogP contribution in [0.3, 0.4) is 0 Å². The van der Waals surface area contributed by atoms with Crippen LogP contribution < -0.4 is 14.8 Å². The summed E-state index contributed by atoms with van der Waals surface area (Å²) < 4.78 is 11.6. The average Bonchev–Trinajstić information content (AvgIpc) is 2.98. The molecule has 2 aromatic carbocycles. The minimum absolute atomic E-state index is 0.00478. The van der Waals surface area contributed by atoms with E-state index in [4.69, 9.17) is 9.47 Å². The summed E-state index contributed by atoms with van der Waals surface area (Å²) in [6.07, 6.45) is 0.822. The summed E-state index contributed by atoms with van der Waals surface area (Å²) in [5, 5.41) is 13.5.